The van der Waals surface area contributed by atoms with Gasteiger partial charge in [0.25, 0.3) is 5.91 Å². The van der Waals surface area contributed by atoms with Crippen LogP contribution in [0.3, 0.4) is 0 Å². The van der Waals surface area contributed by atoms with Gasteiger partial charge < -0.3 is 18.5 Å². The number of aromatic nitrogens is 3. The molecule has 0 saturated heterocycles. The Hall–Kier alpha value is -3.04. The number of carbonyl (C=O) groups is 1. The fourth-order valence-corrected chi connectivity index (χ4v) is 4.59. The number of aryl methyl sites for hydroxylation is 3. The number of nitrogens with zero attached hydrogens (tertiary/aromatic N) is 4. The van der Waals surface area contributed by atoms with Gasteiger partial charge in [-0.1, -0.05) is 11.3 Å². The van der Waals surface area contributed by atoms with Gasteiger partial charge in [0.15, 0.2) is 5.13 Å². The van der Waals surface area contributed by atoms with Crippen LogP contribution >= 0.6 is 23.7 Å². The van der Waals surface area contributed by atoms with E-state index in [1.165, 1.54) is 11.3 Å². The molecule has 4 aromatic rings. The van der Waals surface area contributed by atoms with Crippen molar-refractivity contribution in [3.05, 3.63) is 54.0 Å². The maximum absolute atomic E-state index is 13.5. The van der Waals surface area contributed by atoms with Gasteiger partial charge >= 0.3 is 0 Å². The standard InChI is InChI=1S/C22H24N4O4S.ClH/c1-14-12-16(15(2)30-14)21(27)26(10-5-9-25-11-8-23-13-25)22-24-19-17(28-3)6-7-18(29-4)20(19)31-22;/h6-8,11-13H,5,9-10H2,1-4H3;1H. The first-order chi connectivity index (χ1) is 15.0. The number of methoxy groups -OCH3 is 2. The molecule has 0 atom stereocenters. The largest absolute Gasteiger partial charge is 0.495 e. The first-order valence-electron chi connectivity index (χ1n) is 9.88. The van der Waals surface area contributed by atoms with Crippen LogP contribution < -0.4 is 14.4 Å². The van der Waals surface area contributed by atoms with Crippen LogP contribution in [-0.2, 0) is 6.54 Å². The summed E-state index contributed by atoms with van der Waals surface area (Å²) in [6, 6.07) is 5.44. The number of imidazole rings is 1. The summed E-state index contributed by atoms with van der Waals surface area (Å²) < 4.78 is 19.4. The number of hydrogen-bond donors (Lipinski definition) is 0. The molecule has 0 radical (unpaired) electrons. The highest BCUT2D eigenvalue weighted by Crippen LogP contribution is 2.40. The van der Waals surface area contributed by atoms with Crippen molar-refractivity contribution in [2.24, 2.45) is 0 Å². The van der Waals surface area contributed by atoms with Gasteiger partial charge in [0.1, 0.15) is 33.2 Å². The van der Waals surface area contributed by atoms with Crippen molar-refractivity contribution in [1.82, 2.24) is 14.5 Å². The lowest BCUT2D eigenvalue weighted by molar-refractivity contribution is 0.0985. The molecule has 0 fully saturated rings. The van der Waals surface area contributed by atoms with Gasteiger partial charge in [-0.3, -0.25) is 9.69 Å². The van der Waals surface area contributed by atoms with Gasteiger partial charge in [-0.25, -0.2) is 9.97 Å². The predicted molar refractivity (Wildman–Crippen MR) is 127 cm³/mol. The topological polar surface area (TPSA) is 82.6 Å². The number of fused-ring (bicyclic) bond motifs is 1. The third kappa shape index (κ3) is 4.58. The maximum atomic E-state index is 13.5. The molecule has 0 bridgehead atoms. The molecule has 1 aromatic carbocycles. The minimum Gasteiger partial charge on any atom is -0.495 e. The molecule has 4 rings (SSSR count). The van der Waals surface area contributed by atoms with E-state index >= 15 is 0 Å². The number of furan rings is 1. The van der Waals surface area contributed by atoms with E-state index in [2.05, 4.69) is 4.98 Å². The number of benzene rings is 1. The summed E-state index contributed by atoms with van der Waals surface area (Å²) in [6.45, 7) is 4.87. The van der Waals surface area contributed by atoms with Crippen molar-refractivity contribution in [3.63, 3.8) is 0 Å². The molecular weight excluding hydrogens is 452 g/mol. The fourth-order valence-electron chi connectivity index (χ4n) is 3.49. The Morgan fingerprint density at radius 1 is 1.22 bits per heavy atom. The molecule has 8 nitrogen and oxygen atoms in total. The minimum atomic E-state index is -0.142. The number of ether oxygens (including phenoxy) is 2. The Morgan fingerprint density at radius 3 is 2.59 bits per heavy atom. The zero-order valence-corrected chi connectivity index (χ0v) is 20.0. The maximum Gasteiger partial charge on any atom is 0.263 e. The molecule has 0 spiro atoms. The van der Waals surface area contributed by atoms with E-state index in [-0.39, 0.29) is 18.3 Å². The second-order valence-electron chi connectivity index (χ2n) is 7.08. The Bertz CT molecular complexity index is 1160. The molecule has 0 saturated carbocycles. The van der Waals surface area contributed by atoms with Gasteiger partial charge in [0.05, 0.1) is 26.1 Å². The number of thiazole rings is 1. The highest BCUT2D eigenvalue weighted by Gasteiger charge is 2.26. The SMILES string of the molecule is COc1ccc(OC)c2sc(N(CCCn3ccnc3)C(=O)c3cc(C)oc3C)nc12.Cl. The Morgan fingerprint density at radius 2 is 1.97 bits per heavy atom. The lowest BCUT2D eigenvalue weighted by Gasteiger charge is -2.19. The molecule has 0 aliphatic heterocycles. The summed E-state index contributed by atoms with van der Waals surface area (Å²) in [7, 11) is 3.22. The van der Waals surface area contributed by atoms with Crippen LogP contribution in [0, 0.1) is 13.8 Å². The van der Waals surface area contributed by atoms with E-state index in [1.807, 2.05) is 29.8 Å². The van der Waals surface area contributed by atoms with Crippen LogP contribution in [0.1, 0.15) is 28.3 Å². The summed E-state index contributed by atoms with van der Waals surface area (Å²) in [5.41, 5.74) is 1.22. The molecule has 32 heavy (non-hydrogen) atoms. The van der Waals surface area contributed by atoms with Gasteiger partial charge in [0.2, 0.25) is 0 Å². The van der Waals surface area contributed by atoms with Crippen LogP contribution in [0.25, 0.3) is 10.2 Å². The zero-order chi connectivity index (χ0) is 22.0. The van der Waals surface area contributed by atoms with E-state index < -0.39 is 0 Å². The second kappa shape index (κ2) is 10.1. The van der Waals surface area contributed by atoms with E-state index in [1.54, 1.807) is 44.6 Å². The minimum absolute atomic E-state index is 0. The van der Waals surface area contributed by atoms with Crippen molar-refractivity contribution in [3.8, 4) is 11.5 Å². The third-order valence-corrected chi connectivity index (χ3v) is 6.10. The second-order valence-corrected chi connectivity index (χ2v) is 8.06. The van der Waals surface area contributed by atoms with Crippen molar-refractivity contribution < 1.29 is 18.7 Å². The fraction of sp³-hybridized carbons (Fsp3) is 0.318. The molecule has 3 aromatic heterocycles. The highest BCUT2D eigenvalue weighted by atomic mass is 35.5. The lowest BCUT2D eigenvalue weighted by atomic mass is 10.2. The van der Waals surface area contributed by atoms with Crippen LogP contribution in [0.2, 0.25) is 0 Å². The summed E-state index contributed by atoms with van der Waals surface area (Å²) >= 11 is 1.41. The van der Waals surface area contributed by atoms with Crippen LogP contribution in [0.4, 0.5) is 5.13 Å². The van der Waals surface area contributed by atoms with Crippen LogP contribution in [-0.4, -0.2) is 41.2 Å². The Labute approximate surface area is 196 Å². The number of amides is 1. The number of halogens is 1. The Kier molecular flexibility index (Phi) is 7.42. The van der Waals surface area contributed by atoms with Gasteiger partial charge in [0, 0.05) is 25.5 Å². The Balaban J connectivity index is 0.00000289. The van der Waals surface area contributed by atoms with Gasteiger partial charge in [-0.05, 0) is 38.5 Å². The van der Waals surface area contributed by atoms with Crippen LogP contribution in [0.15, 0.2) is 41.3 Å². The molecular formula is C22H25ClN4O4S. The molecule has 10 heteroatoms. The van der Waals surface area contributed by atoms with E-state index in [4.69, 9.17) is 18.9 Å². The average molecular weight is 477 g/mol. The van der Waals surface area contributed by atoms with Crippen molar-refractivity contribution in [2.75, 3.05) is 25.7 Å². The molecule has 0 aliphatic carbocycles. The van der Waals surface area contributed by atoms with Crippen LogP contribution in [0.5, 0.6) is 11.5 Å². The summed E-state index contributed by atoms with van der Waals surface area (Å²) in [4.78, 5) is 24.0. The number of carbonyl (C=O) groups excluding carboxylic acids is 1. The van der Waals surface area contributed by atoms with E-state index in [9.17, 15) is 4.79 Å². The molecule has 3 heterocycles. The first-order valence-corrected chi connectivity index (χ1v) is 10.7. The van der Waals surface area contributed by atoms with Crippen molar-refractivity contribution in [1.29, 1.82) is 0 Å². The smallest absolute Gasteiger partial charge is 0.263 e. The average Bonchev–Trinajstić information content (AvgIpc) is 3.50. The lowest BCUT2D eigenvalue weighted by Crippen LogP contribution is -2.32. The number of rotatable bonds is 8. The third-order valence-electron chi connectivity index (χ3n) is 5.00. The highest BCUT2D eigenvalue weighted by molar-refractivity contribution is 7.22. The number of hydrogen-bond acceptors (Lipinski definition) is 7. The molecule has 1 amide bonds. The monoisotopic (exact) mass is 476 g/mol. The molecule has 0 aliphatic rings. The zero-order valence-electron chi connectivity index (χ0n) is 18.3. The quantitative estimate of drug-likeness (QED) is 0.360. The predicted octanol–water partition coefficient (Wildman–Crippen LogP) is 4.88. The number of anilines is 1. The van der Waals surface area contributed by atoms with Gasteiger partial charge in [-0.15, -0.1) is 12.4 Å². The summed E-state index contributed by atoms with van der Waals surface area (Å²) in [5, 5.41) is 0.590. The van der Waals surface area contributed by atoms with E-state index in [0.29, 0.717) is 45.8 Å². The summed E-state index contributed by atoms with van der Waals surface area (Å²) in [5.74, 6) is 2.49. The van der Waals surface area contributed by atoms with Gasteiger partial charge in [-0.2, -0.15) is 0 Å². The normalized spacial score (nSPS) is 10.8. The molecule has 170 valence electrons. The summed E-state index contributed by atoms with van der Waals surface area (Å²) in [6.07, 6.45) is 6.15. The molecule has 0 N–H and O–H groups in total. The first kappa shape index (κ1) is 23.6. The van der Waals surface area contributed by atoms with E-state index in [0.717, 1.165) is 17.7 Å². The van der Waals surface area contributed by atoms with Crippen molar-refractivity contribution in [2.45, 2.75) is 26.8 Å². The van der Waals surface area contributed by atoms with Crippen molar-refractivity contribution >= 4 is 45.0 Å². The molecule has 0 unspecified atom stereocenters.